The summed E-state index contributed by atoms with van der Waals surface area (Å²) in [7, 11) is -3.68. The first-order valence-electron chi connectivity index (χ1n) is 8.23. The first-order valence-corrected chi connectivity index (χ1v) is 10.1. The van der Waals surface area contributed by atoms with Gasteiger partial charge in [-0.1, -0.05) is 30.7 Å². The molecule has 0 bridgehead atoms. The van der Waals surface area contributed by atoms with Crippen molar-refractivity contribution in [1.82, 2.24) is 0 Å². The van der Waals surface area contributed by atoms with Gasteiger partial charge >= 0.3 is 0 Å². The molecular formula is C18H21ClN2O3S. The summed E-state index contributed by atoms with van der Waals surface area (Å²) in [5.41, 5.74) is 2.38. The van der Waals surface area contributed by atoms with E-state index < -0.39 is 10.0 Å². The number of ether oxygens (including phenoxy) is 1. The first-order chi connectivity index (χ1) is 12.0. The lowest BCUT2D eigenvalue weighted by molar-refractivity contribution is 0.123. The number of anilines is 2. The fourth-order valence-electron chi connectivity index (χ4n) is 2.78. The van der Waals surface area contributed by atoms with Crippen LogP contribution in [0.2, 0.25) is 5.02 Å². The van der Waals surface area contributed by atoms with Crippen LogP contribution in [0.4, 0.5) is 11.4 Å². The van der Waals surface area contributed by atoms with Crippen molar-refractivity contribution >= 4 is 33.0 Å². The first kappa shape index (κ1) is 18.0. The number of morpholine rings is 1. The second kappa shape index (κ2) is 7.64. The summed E-state index contributed by atoms with van der Waals surface area (Å²) in [4.78, 5) is 2.33. The number of nitrogens with one attached hydrogen (secondary N) is 1. The van der Waals surface area contributed by atoms with Crippen LogP contribution in [0.15, 0.2) is 47.4 Å². The molecule has 2 aromatic rings. The van der Waals surface area contributed by atoms with E-state index in [1.165, 1.54) is 0 Å². The molecule has 1 aliphatic rings. The Morgan fingerprint density at radius 3 is 2.44 bits per heavy atom. The number of hydrogen-bond donors (Lipinski definition) is 1. The molecule has 0 atom stereocenters. The van der Waals surface area contributed by atoms with Gasteiger partial charge in [-0.2, -0.15) is 0 Å². The molecule has 1 aliphatic heterocycles. The van der Waals surface area contributed by atoms with Gasteiger partial charge in [-0.05, 0) is 42.3 Å². The molecule has 1 saturated heterocycles. The zero-order valence-electron chi connectivity index (χ0n) is 14.0. The van der Waals surface area contributed by atoms with E-state index >= 15 is 0 Å². The summed E-state index contributed by atoms with van der Waals surface area (Å²) in [5, 5.41) is 0.482. The van der Waals surface area contributed by atoms with Gasteiger partial charge < -0.3 is 9.64 Å². The van der Waals surface area contributed by atoms with Gasteiger partial charge in [0.2, 0.25) is 0 Å². The highest BCUT2D eigenvalue weighted by Crippen LogP contribution is 2.31. The van der Waals surface area contributed by atoms with Crippen LogP contribution in [0.5, 0.6) is 0 Å². The fraction of sp³-hybridized carbons (Fsp3) is 0.333. The summed E-state index contributed by atoms with van der Waals surface area (Å²) in [5.74, 6) is 0. The molecule has 0 aromatic heterocycles. The van der Waals surface area contributed by atoms with Crippen molar-refractivity contribution in [2.45, 2.75) is 18.2 Å². The largest absolute Gasteiger partial charge is 0.378 e. The zero-order chi connectivity index (χ0) is 17.9. The Hall–Kier alpha value is -1.76. The molecule has 3 rings (SSSR count). The third-order valence-electron chi connectivity index (χ3n) is 4.20. The Bertz CT molecular complexity index is 832. The molecule has 0 amide bonds. The number of sulfonamides is 1. The van der Waals surface area contributed by atoms with Crippen LogP contribution in [-0.2, 0) is 21.2 Å². The van der Waals surface area contributed by atoms with Crippen molar-refractivity contribution in [1.29, 1.82) is 0 Å². The van der Waals surface area contributed by atoms with Crippen LogP contribution < -0.4 is 9.62 Å². The highest BCUT2D eigenvalue weighted by Gasteiger charge is 2.20. The lowest BCUT2D eigenvalue weighted by Crippen LogP contribution is -2.36. The zero-order valence-corrected chi connectivity index (χ0v) is 15.6. The van der Waals surface area contributed by atoms with E-state index in [0.717, 1.165) is 17.7 Å². The maximum atomic E-state index is 12.8. The van der Waals surface area contributed by atoms with Crippen molar-refractivity contribution in [3.63, 3.8) is 0 Å². The Kier molecular flexibility index (Phi) is 5.51. The van der Waals surface area contributed by atoms with Gasteiger partial charge in [0.05, 0.1) is 29.5 Å². The molecule has 1 fully saturated rings. The smallest absolute Gasteiger partial charge is 0.261 e. The standard InChI is InChI=1S/C18H21ClN2O3S/c1-2-14-3-6-16(7-4-14)25(22,23)20-17-13-15(19)5-8-18(17)21-9-11-24-12-10-21/h3-8,13,20H,2,9-12H2,1H3. The monoisotopic (exact) mass is 380 g/mol. The molecule has 2 aromatic carbocycles. The quantitative estimate of drug-likeness (QED) is 0.861. The molecular weight excluding hydrogens is 360 g/mol. The SMILES string of the molecule is CCc1ccc(S(=O)(=O)Nc2cc(Cl)ccc2N2CCOCC2)cc1. The van der Waals surface area contributed by atoms with Crippen LogP contribution in [0.25, 0.3) is 0 Å². The number of halogens is 1. The van der Waals surface area contributed by atoms with Gasteiger partial charge in [-0.15, -0.1) is 0 Å². The van der Waals surface area contributed by atoms with Gasteiger partial charge in [0.1, 0.15) is 0 Å². The second-order valence-corrected chi connectivity index (χ2v) is 7.98. The molecule has 5 nitrogen and oxygen atoms in total. The third kappa shape index (κ3) is 4.26. The summed E-state index contributed by atoms with van der Waals surface area (Å²) in [6.45, 7) is 4.69. The maximum Gasteiger partial charge on any atom is 0.261 e. The average molecular weight is 381 g/mol. The Balaban J connectivity index is 1.91. The summed E-state index contributed by atoms with van der Waals surface area (Å²) < 4.78 is 33.6. The van der Waals surface area contributed by atoms with Crippen molar-refractivity contribution in [2.24, 2.45) is 0 Å². The maximum absolute atomic E-state index is 12.8. The van der Waals surface area contributed by atoms with Crippen molar-refractivity contribution < 1.29 is 13.2 Å². The van der Waals surface area contributed by atoms with Crippen molar-refractivity contribution in [3.8, 4) is 0 Å². The molecule has 0 radical (unpaired) electrons. The number of nitrogens with zero attached hydrogens (tertiary/aromatic N) is 1. The van der Waals surface area contributed by atoms with Crippen LogP contribution in [0, 0.1) is 0 Å². The Morgan fingerprint density at radius 1 is 1.12 bits per heavy atom. The van der Waals surface area contributed by atoms with E-state index in [9.17, 15) is 8.42 Å². The van der Waals surface area contributed by atoms with Gasteiger partial charge in [0, 0.05) is 18.1 Å². The minimum atomic E-state index is -3.68. The van der Waals surface area contributed by atoms with Crippen LogP contribution in [-0.4, -0.2) is 34.7 Å². The number of benzene rings is 2. The highest BCUT2D eigenvalue weighted by atomic mass is 35.5. The average Bonchev–Trinajstić information content (AvgIpc) is 2.62. The highest BCUT2D eigenvalue weighted by molar-refractivity contribution is 7.92. The van der Waals surface area contributed by atoms with Crippen molar-refractivity contribution in [2.75, 3.05) is 35.9 Å². The lowest BCUT2D eigenvalue weighted by Gasteiger charge is -2.30. The topological polar surface area (TPSA) is 58.6 Å². The minimum Gasteiger partial charge on any atom is -0.378 e. The predicted molar refractivity (Wildman–Crippen MR) is 101 cm³/mol. The number of hydrogen-bond acceptors (Lipinski definition) is 4. The van der Waals surface area contributed by atoms with E-state index in [2.05, 4.69) is 9.62 Å². The molecule has 0 spiro atoms. The van der Waals surface area contributed by atoms with E-state index in [1.54, 1.807) is 24.3 Å². The third-order valence-corrected chi connectivity index (χ3v) is 5.81. The fourth-order valence-corrected chi connectivity index (χ4v) is 4.02. The van der Waals surface area contributed by atoms with E-state index in [0.29, 0.717) is 37.0 Å². The van der Waals surface area contributed by atoms with E-state index in [4.69, 9.17) is 16.3 Å². The van der Waals surface area contributed by atoms with Crippen LogP contribution >= 0.6 is 11.6 Å². The molecule has 7 heteroatoms. The van der Waals surface area contributed by atoms with Crippen LogP contribution in [0.1, 0.15) is 12.5 Å². The molecule has 1 N–H and O–H groups in total. The predicted octanol–water partition coefficient (Wildman–Crippen LogP) is 3.54. The summed E-state index contributed by atoms with van der Waals surface area (Å²) in [6, 6.07) is 12.2. The van der Waals surface area contributed by atoms with E-state index in [1.807, 2.05) is 25.1 Å². The Morgan fingerprint density at radius 2 is 1.80 bits per heavy atom. The minimum absolute atomic E-state index is 0.234. The molecule has 0 saturated carbocycles. The molecule has 25 heavy (non-hydrogen) atoms. The van der Waals surface area contributed by atoms with Gasteiger partial charge in [-0.3, -0.25) is 4.72 Å². The normalized spacial score (nSPS) is 15.2. The number of rotatable bonds is 5. The lowest BCUT2D eigenvalue weighted by atomic mass is 10.2. The van der Waals surface area contributed by atoms with Crippen molar-refractivity contribution in [3.05, 3.63) is 53.1 Å². The summed E-state index contributed by atoms with van der Waals surface area (Å²) in [6.07, 6.45) is 0.864. The second-order valence-electron chi connectivity index (χ2n) is 5.86. The van der Waals surface area contributed by atoms with Gasteiger partial charge in [0.25, 0.3) is 10.0 Å². The molecule has 134 valence electrons. The number of aryl methyl sites for hydroxylation is 1. The van der Waals surface area contributed by atoms with Gasteiger partial charge in [0.15, 0.2) is 0 Å². The van der Waals surface area contributed by atoms with Crippen LogP contribution in [0.3, 0.4) is 0 Å². The van der Waals surface area contributed by atoms with E-state index in [-0.39, 0.29) is 4.90 Å². The molecule has 0 aliphatic carbocycles. The molecule has 0 unspecified atom stereocenters. The van der Waals surface area contributed by atoms with Gasteiger partial charge in [-0.25, -0.2) is 8.42 Å². The summed E-state index contributed by atoms with van der Waals surface area (Å²) >= 11 is 6.09. The Labute approximate surface area is 153 Å². The molecule has 1 heterocycles.